The summed E-state index contributed by atoms with van der Waals surface area (Å²) in [5.41, 5.74) is 2.79. The lowest BCUT2D eigenvalue weighted by atomic mass is 9.99. The molecule has 4 rings (SSSR count). The predicted molar refractivity (Wildman–Crippen MR) is 116 cm³/mol. The van der Waals surface area contributed by atoms with E-state index in [1.54, 1.807) is 0 Å². The van der Waals surface area contributed by atoms with Crippen molar-refractivity contribution in [2.24, 2.45) is 0 Å². The van der Waals surface area contributed by atoms with Crippen LogP contribution in [0.15, 0.2) is 66.7 Å². The molecule has 1 N–H and O–H groups in total. The first-order valence-corrected chi connectivity index (χ1v) is 10.3. The fraction of sp³-hybridized carbons (Fsp3) is 0.280. The maximum atomic E-state index is 12.7. The molecule has 1 heterocycles. The lowest BCUT2D eigenvalue weighted by Gasteiger charge is -2.26. The number of hydrogen-bond donors (Lipinski definition) is 1. The minimum atomic E-state index is -0.0979. The Morgan fingerprint density at radius 1 is 1.00 bits per heavy atom. The number of nitrogens with zero attached hydrogens (tertiary/aromatic N) is 1. The lowest BCUT2D eigenvalue weighted by Crippen LogP contribution is -2.34. The van der Waals surface area contributed by atoms with Gasteiger partial charge in [-0.1, -0.05) is 54.6 Å². The summed E-state index contributed by atoms with van der Waals surface area (Å²) < 4.78 is 0. The van der Waals surface area contributed by atoms with Crippen molar-refractivity contribution in [2.75, 3.05) is 6.54 Å². The van der Waals surface area contributed by atoms with E-state index in [1.165, 1.54) is 5.39 Å². The molecule has 1 aliphatic rings. The van der Waals surface area contributed by atoms with Crippen molar-refractivity contribution in [3.05, 3.63) is 83.4 Å². The largest absolute Gasteiger partial charge is 0.345 e. The van der Waals surface area contributed by atoms with Crippen LogP contribution in [-0.2, 0) is 11.3 Å². The summed E-state index contributed by atoms with van der Waals surface area (Å²) in [6.07, 6.45) is 2.70. The number of carbonyl (C=O) groups excluding carboxylic acids is 2. The summed E-state index contributed by atoms with van der Waals surface area (Å²) in [5.74, 6) is 0.132. The van der Waals surface area contributed by atoms with Crippen molar-refractivity contribution in [2.45, 2.75) is 38.8 Å². The van der Waals surface area contributed by atoms with Gasteiger partial charge in [0.1, 0.15) is 0 Å². The van der Waals surface area contributed by atoms with E-state index in [0.717, 1.165) is 35.9 Å². The predicted octanol–water partition coefficient (Wildman–Crippen LogP) is 4.84. The molecule has 1 unspecified atom stereocenters. The molecule has 29 heavy (non-hydrogen) atoms. The number of rotatable bonds is 5. The highest BCUT2D eigenvalue weighted by Gasteiger charge is 2.18. The Labute approximate surface area is 171 Å². The molecule has 1 atom stereocenters. The van der Waals surface area contributed by atoms with E-state index in [1.807, 2.05) is 54.3 Å². The monoisotopic (exact) mass is 386 g/mol. The van der Waals surface area contributed by atoms with Gasteiger partial charge in [0.2, 0.25) is 5.91 Å². The van der Waals surface area contributed by atoms with Crippen molar-refractivity contribution in [1.29, 1.82) is 0 Å². The van der Waals surface area contributed by atoms with Crippen LogP contribution >= 0.6 is 0 Å². The van der Waals surface area contributed by atoms with Gasteiger partial charge < -0.3 is 10.2 Å². The van der Waals surface area contributed by atoms with Crippen molar-refractivity contribution in [3.8, 4) is 0 Å². The average Bonchev–Trinajstić information content (AvgIpc) is 2.75. The number of likely N-dealkylation sites (tertiary alicyclic amines) is 1. The third kappa shape index (κ3) is 4.32. The van der Waals surface area contributed by atoms with Crippen LogP contribution in [0.2, 0.25) is 0 Å². The van der Waals surface area contributed by atoms with Crippen LogP contribution in [0, 0.1) is 0 Å². The minimum Gasteiger partial charge on any atom is -0.345 e. The summed E-state index contributed by atoms with van der Waals surface area (Å²) in [5, 5.41) is 5.44. The second kappa shape index (κ2) is 8.48. The Kier molecular flexibility index (Phi) is 5.61. The average molecular weight is 386 g/mol. The van der Waals surface area contributed by atoms with Crippen molar-refractivity contribution in [1.82, 2.24) is 10.2 Å². The molecule has 0 spiro atoms. The van der Waals surface area contributed by atoms with Crippen LogP contribution in [0.1, 0.15) is 53.7 Å². The Morgan fingerprint density at radius 2 is 1.76 bits per heavy atom. The first kappa shape index (κ1) is 19.2. The van der Waals surface area contributed by atoms with Gasteiger partial charge in [0.05, 0.1) is 6.04 Å². The summed E-state index contributed by atoms with van der Waals surface area (Å²) in [6.45, 7) is 3.45. The van der Waals surface area contributed by atoms with Gasteiger partial charge in [-0.2, -0.15) is 0 Å². The molecule has 4 heteroatoms. The summed E-state index contributed by atoms with van der Waals surface area (Å²) in [4.78, 5) is 26.6. The Morgan fingerprint density at radius 3 is 2.55 bits per heavy atom. The van der Waals surface area contributed by atoms with E-state index >= 15 is 0 Å². The second-order valence-corrected chi connectivity index (χ2v) is 7.73. The molecular formula is C25H26N2O2. The van der Waals surface area contributed by atoms with Crippen LogP contribution in [0.4, 0.5) is 0 Å². The van der Waals surface area contributed by atoms with Crippen LogP contribution in [0.25, 0.3) is 10.8 Å². The first-order valence-electron chi connectivity index (χ1n) is 10.3. The maximum absolute atomic E-state index is 12.7. The third-order valence-electron chi connectivity index (χ3n) is 5.65. The molecule has 2 amide bonds. The highest BCUT2D eigenvalue weighted by molar-refractivity contribution is 5.95. The Balaban J connectivity index is 1.43. The van der Waals surface area contributed by atoms with E-state index in [4.69, 9.17) is 0 Å². The second-order valence-electron chi connectivity index (χ2n) is 7.73. The number of benzene rings is 3. The smallest absolute Gasteiger partial charge is 0.251 e. The zero-order valence-electron chi connectivity index (χ0n) is 16.7. The highest BCUT2D eigenvalue weighted by atomic mass is 16.2. The fourth-order valence-corrected chi connectivity index (χ4v) is 4.00. The fourth-order valence-electron chi connectivity index (χ4n) is 4.00. The standard InChI is InChI=1S/C25H26N2O2/c1-18(22-10-6-8-20-7-2-3-9-23(20)22)26-25(29)21-14-12-19(13-15-21)17-27-16-5-4-11-24(27)28/h2-3,6-10,12-15,18H,4-5,11,16-17H2,1H3,(H,26,29). The minimum absolute atomic E-state index is 0.0916. The normalized spacial score (nSPS) is 15.3. The van der Waals surface area contributed by atoms with E-state index in [0.29, 0.717) is 18.5 Å². The van der Waals surface area contributed by atoms with Crippen molar-refractivity contribution >= 4 is 22.6 Å². The molecule has 1 aliphatic heterocycles. The molecule has 3 aromatic carbocycles. The quantitative estimate of drug-likeness (QED) is 0.682. The van der Waals surface area contributed by atoms with Crippen LogP contribution < -0.4 is 5.32 Å². The first-order chi connectivity index (χ1) is 14.1. The summed E-state index contributed by atoms with van der Waals surface area (Å²) in [7, 11) is 0. The molecule has 0 saturated carbocycles. The molecule has 3 aromatic rings. The van der Waals surface area contributed by atoms with Crippen LogP contribution in [0.3, 0.4) is 0 Å². The lowest BCUT2D eigenvalue weighted by molar-refractivity contribution is -0.133. The van der Waals surface area contributed by atoms with E-state index < -0.39 is 0 Å². The number of amides is 2. The number of fused-ring (bicyclic) bond motifs is 1. The van der Waals surface area contributed by atoms with Gasteiger partial charge in [0.25, 0.3) is 5.91 Å². The molecule has 0 aliphatic carbocycles. The molecule has 0 bridgehead atoms. The summed E-state index contributed by atoms with van der Waals surface area (Å²) in [6, 6.07) is 21.9. The molecule has 1 saturated heterocycles. The molecule has 148 valence electrons. The summed E-state index contributed by atoms with van der Waals surface area (Å²) >= 11 is 0. The van der Waals surface area contributed by atoms with Gasteiger partial charge in [0, 0.05) is 25.1 Å². The van der Waals surface area contributed by atoms with Crippen LogP contribution in [-0.4, -0.2) is 23.3 Å². The van der Waals surface area contributed by atoms with Crippen molar-refractivity contribution in [3.63, 3.8) is 0 Å². The van der Waals surface area contributed by atoms with Gasteiger partial charge in [0.15, 0.2) is 0 Å². The highest BCUT2D eigenvalue weighted by Crippen LogP contribution is 2.24. The number of hydrogen-bond acceptors (Lipinski definition) is 2. The third-order valence-corrected chi connectivity index (χ3v) is 5.65. The molecular weight excluding hydrogens is 360 g/mol. The topological polar surface area (TPSA) is 49.4 Å². The van der Waals surface area contributed by atoms with E-state index in [9.17, 15) is 9.59 Å². The van der Waals surface area contributed by atoms with Crippen molar-refractivity contribution < 1.29 is 9.59 Å². The van der Waals surface area contributed by atoms with E-state index in [-0.39, 0.29) is 17.9 Å². The van der Waals surface area contributed by atoms with E-state index in [2.05, 4.69) is 29.6 Å². The molecule has 0 radical (unpaired) electrons. The number of carbonyl (C=O) groups is 2. The zero-order valence-corrected chi connectivity index (χ0v) is 16.7. The van der Waals surface area contributed by atoms with Gasteiger partial charge in [-0.25, -0.2) is 0 Å². The molecule has 0 aromatic heterocycles. The SMILES string of the molecule is CC(NC(=O)c1ccc(CN2CCCCC2=O)cc1)c1cccc2ccccc12. The molecule has 1 fully saturated rings. The van der Waals surface area contributed by atoms with Crippen LogP contribution in [0.5, 0.6) is 0 Å². The molecule has 4 nitrogen and oxygen atoms in total. The van der Waals surface area contributed by atoms with Gasteiger partial charge >= 0.3 is 0 Å². The Bertz CT molecular complexity index is 1020. The van der Waals surface area contributed by atoms with Gasteiger partial charge in [-0.15, -0.1) is 0 Å². The number of piperidine rings is 1. The van der Waals surface area contributed by atoms with Gasteiger partial charge in [-0.05, 0) is 53.8 Å². The maximum Gasteiger partial charge on any atom is 0.251 e. The number of nitrogens with one attached hydrogen (secondary N) is 1. The van der Waals surface area contributed by atoms with Gasteiger partial charge in [-0.3, -0.25) is 9.59 Å². The Hall–Kier alpha value is -3.14. The zero-order chi connectivity index (χ0) is 20.2.